The van der Waals surface area contributed by atoms with E-state index in [9.17, 15) is 5.11 Å². The number of anilines is 2. The molecule has 140 valence electrons. The van der Waals surface area contributed by atoms with Crippen molar-refractivity contribution in [3.05, 3.63) is 76.4 Å². The summed E-state index contributed by atoms with van der Waals surface area (Å²) in [6.07, 6.45) is 3.31. The monoisotopic (exact) mass is 391 g/mol. The van der Waals surface area contributed by atoms with Crippen LogP contribution in [0.2, 0.25) is 5.02 Å². The molecule has 1 aliphatic heterocycles. The Bertz CT molecular complexity index is 1170. The number of nitrogens with one attached hydrogen (secondary N) is 1. The fourth-order valence-corrected chi connectivity index (χ4v) is 3.16. The first-order chi connectivity index (χ1) is 13.5. The molecule has 2 aromatic carbocycles. The van der Waals surface area contributed by atoms with Gasteiger partial charge in [0.1, 0.15) is 11.5 Å². The molecule has 2 heterocycles. The van der Waals surface area contributed by atoms with Crippen molar-refractivity contribution < 1.29 is 5.11 Å². The van der Waals surface area contributed by atoms with Gasteiger partial charge in [-0.1, -0.05) is 17.7 Å². The van der Waals surface area contributed by atoms with Gasteiger partial charge in [0, 0.05) is 34.1 Å². The van der Waals surface area contributed by atoms with Gasteiger partial charge < -0.3 is 16.2 Å². The first-order valence-corrected chi connectivity index (χ1v) is 9.09. The van der Waals surface area contributed by atoms with E-state index in [1.54, 1.807) is 18.5 Å². The number of fused-ring (bicyclic) bond motifs is 1. The van der Waals surface area contributed by atoms with Crippen molar-refractivity contribution in [3.8, 4) is 0 Å². The van der Waals surface area contributed by atoms with Crippen molar-refractivity contribution >= 4 is 45.8 Å². The van der Waals surface area contributed by atoms with Crippen LogP contribution in [0.3, 0.4) is 0 Å². The third-order valence-corrected chi connectivity index (χ3v) is 4.91. The third-order valence-electron chi connectivity index (χ3n) is 4.49. The average Bonchev–Trinajstić information content (AvgIpc) is 2.86. The van der Waals surface area contributed by atoms with Crippen LogP contribution in [0.25, 0.3) is 10.8 Å². The normalized spacial score (nSPS) is 14.1. The summed E-state index contributed by atoms with van der Waals surface area (Å²) in [6.45, 7) is 2.28. The Balaban J connectivity index is 1.71. The maximum atomic E-state index is 10.9. The Labute approximate surface area is 167 Å². The highest BCUT2D eigenvalue weighted by molar-refractivity contribution is 6.31. The number of benzene rings is 2. The van der Waals surface area contributed by atoms with Gasteiger partial charge in [-0.05, 0) is 54.3 Å². The van der Waals surface area contributed by atoms with Crippen LogP contribution >= 0.6 is 11.6 Å². The number of nitrogen functional groups attached to an aromatic ring is 1. The Morgan fingerprint density at radius 2 is 2.00 bits per heavy atom. The number of aliphatic hydroxyl groups excluding tert-OH is 1. The molecule has 28 heavy (non-hydrogen) atoms. The molecule has 0 spiro atoms. The lowest BCUT2D eigenvalue weighted by Crippen LogP contribution is -2.11. The zero-order valence-corrected chi connectivity index (χ0v) is 15.9. The summed E-state index contributed by atoms with van der Waals surface area (Å²) in [5.74, 6) is 0.779. The van der Waals surface area contributed by atoms with E-state index in [1.807, 2.05) is 43.3 Å². The molecule has 0 unspecified atom stereocenters. The van der Waals surface area contributed by atoms with Gasteiger partial charge in [0.2, 0.25) is 0 Å². The van der Waals surface area contributed by atoms with Gasteiger partial charge in [0.05, 0.1) is 6.54 Å². The molecule has 0 bridgehead atoms. The van der Waals surface area contributed by atoms with Gasteiger partial charge in [0.15, 0.2) is 11.6 Å². The smallest absolute Gasteiger partial charge is 0.184 e. The van der Waals surface area contributed by atoms with Gasteiger partial charge in [-0.15, -0.1) is 0 Å². The van der Waals surface area contributed by atoms with E-state index in [0.717, 1.165) is 27.6 Å². The largest absolute Gasteiger partial charge is 0.503 e. The Kier molecular flexibility index (Phi) is 4.71. The van der Waals surface area contributed by atoms with E-state index in [4.69, 9.17) is 17.3 Å². The highest BCUT2D eigenvalue weighted by atomic mass is 35.5. The van der Waals surface area contributed by atoms with E-state index >= 15 is 0 Å². The van der Waals surface area contributed by atoms with Crippen LogP contribution in [0.1, 0.15) is 11.1 Å². The predicted octanol–water partition coefficient (Wildman–Crippen LogP) is 4.49. The number of pyridine rings is 1. The van der Waals surface area contributed by atoms with E-state index in [1.165, 1.54) is 0 Å². The number of rotatable bonds is 3. The standard InChI is InChI=1S/C21H18ClN5O/c1-12-10-14(2-5-17(12)22)18-19(28)21(26-9-8-24-18)27-15-3-4-16-13(11-15)6-7-25-20(16)23/h2-7,9-11,27-28H,8H2,1H3,(H2,23,25). The molecular weight excluding hydrogens is 374 g/mol. The molecular formula is C21H18ClN5O. The lowest BCUT2D eigenvalue weighted by Gasteiger charge is -2.12. The highest BCUT2D eigenvalue weighted by Crippen LogP contribution is 2.25. The number of allylic oxidation sites excluding steroid dienone is 1. The molecule has 7 heteroatoms. The third kappa shape index (κ3) is 3.42. The van der Waals surface area contributed by atoms with Crippen LogP contribution < -0.4 is 11.1 Å². The van der Waals surface area contributed by atoms with Gasteiger partial charge >= 0.3 is 0 Å². The Morgan fingerprint density at radius 3 is 2.82 bits per heavy atom. The molecule has 0 fully saturated rings. The van der Waals surface area contributed by atoms with Crippen LogP contribution in [0.4, 0.5) is 11.5 Å². The van der Waals surface area contributed by atoms with Crippen molar-refractivity contribution in [2.75, 3.05) is 17.6 Å². The lowest BCUT2D eigenvalue weighted by molar-refractivity contribution is 0.437. The van der Waals surface area contributed by atoms with Crippen molar-refractivity contribution in [1.82, 2.24) is 4.98 Å². The van der Waals surface area contributed by atoms with E-state index < -0.39 is 0 Å². The van der Waals surface area contributed by atoms with Gasteiger partial charge in [0.25, 0.3) is 0 Å². The van der Waals surface area contributed by atoms with Crippen LogP contribution in [0.15, 0.2) is 70.2 Å². The molecule has 0 atom stereocenters. The zero-order valence-electron chi connectivity index (χ0n) is 15.1. The quantitative estimate of drug-likeness (QED) is 0.612. The molecule has 6 nitrogen and oxygen atoms in total. The summed E-state index contributed by atoms with van der Waals surface area (Å²) in [4.78, 5) is 12.9. The highest BCUT2D eigenvalue weighted by Gasteiger charge is 2.17. The molecule has 0 saturated heterocycles. The zero-order chi connectivity index (χ0) is 19.7. The molecule has 1 aliphatic rings. The molecule has 3 aromatic rings. The number of aliphatic imine (C=N–C) groups is 2. The number of hydrogen-bond acceptors (Lipinski definition) is 6. The minimum absolute atomic E-state index is 0.0233. The van der Waals surface area contributed by atoms with Gasteiger partial charge in [-0.2, -0.15) is 0 Å². The maximum Gasteiger partial charge on any atom is 0.184 e. The number of aromatic nitrogens is 1. The number of nitrogens with zero attached hydrogens (tertiary/aromatic N) is 3. The SMILES string of the molecule is Cc1cc(C2=NCC=NC(Nc3ccc4c(N)nccc4c3)=C2O)ccc1Cl. The molecule has 0 amide bonds. The summed E-state index contributed by atoms with van der Waals surface area (Å²) >= 11 is 6.12. The first-order valence-electron chi connectivity index (χ1n) is 8.71. The molecule has 1 aromatic heterocycles. The fraction of sp³-hybridized carbons (Fsp3) is 0.0952. The molecule has 0 aliphatic carbocycles. The number of nitrogens with two attached hydrogens (primary N) is 1. The number of halogens is 1. The summed E-state index contributed by atoms with van der Waals surface area (Å²) in [7, 11) is 0. The fourth-order valence-electron chi connectivity index (χ4n) is 3.04. The second-order valence-corrected chi connectivity index (χ2v) is 6.83. The Hall–Kier alpha value is -3.38. The van der Waals surface area contributed by atoms with Crippen molar-refractivity contribution in [2.24, 2.45) is 9.98 Å². The lowest BCUT2D eigenvalue weighted by atomic mass is 10.1. The summed E-state index contributed by atoms with van der Waals surface area (Å²) in [6, 6.07) is 13.1. The van der Waals surface area contributed by atoms with Crippen LogP contribution in [0.5, 0.6) is 0 Å². The van der Waals surface area contributed by atoms with Crippen molar-refractivity contribution in [2.45, 2.75) is 6.92 Å². The van der Waals surface area contributed by atoms with E-state index in [-0.39, 0.29) is 5.76 Å². The second-order valence-electron chi connectivity index (χ2n) is 6.42. The number of aryl methyl sites for hydroxylation is 1. The summed E-state index contributed by atoms with van der Waals surface area (Å²) in [5, 5.41) is 16.5. The van der Waals surface area contributed by atoms with E-state index in [2.05, 4.69) is 20.3 Å². The summed E-state index contributed by atoms with van der Waals surface area (Å²) in [5.41, 5.74) is 8.84. The molecule has 4 rings (SSSR count). The van der Waals surface area contributed by atoms with Crippen LogP contribution in [-0.4, -0.2) is 28.6 Å². The molecule has 0 radical (unpaired) electrons. The van der Waals surface area contributed by atoms with Gasteiger partial charge in [-0.3, -0.25) is 4.99 Å². The topological polar surface area (TPSA) is 95.9 Å². The maximum absolute atomic E-state index is 10.9. The number of hydrogen-bond donors (Lipinski definition) is 3. The predicted molar refractivity (Wildman–Crippen MR) is 116 cm³/mol. The van der Waals surface area contributed by atoms with Crippen LogP contribution in [-0.2, 0) is 0 Å². The van der Waals surface area contributed by atoms with Crippen molar-refractivity contribution in [3.63, 3.8) is 0 Å². The number of aliphatic hydroxyl groups is 1. The summed E-state index contributed by atoms with van der Waals surface area (Å²) < 4.78 is 0. The van der Waals surface area contributed by atoms with Crippen LogP contribution in [0, 0.1) is 6.92 Å². The average molecular weight is 392 g/mol. The minimum Gasteiger partial charge on any atom is -0.503 e. The molecule has 0 saturated carbocycles. The first kappa shape index (κ1) is 18.0. The van der Waals surface area contributed by atoms with Crippen molar-refractivity contribution in [1.29, 1.82) is 0 Å². The molecule has 4 N–H and O–H groups in total. The minimum atomic E-state index is -0.0233. The van der Waals surface area contributed by atoms with E-state index in [0.29, 0.717) is 28.9 Å². The Morgan fingerprint density at radius 1 is 1.14 bits per heavy atom. The second kappa shape index (κ2) is 7.32. The van der Waals surface area contributed by atoms with Gasteiger partial charge in [-0.25, -0.2) is 9.98 Å².